The largest absolute Gasteiger partial charge is 0.462 e. The Kier molecular flexibility index (Phi) is 5.69. The van der Waals surface area contributed by atoms with Gasteiger partial charge in [-0.25, -0.2) is 0 Å². The smallest absolute Gasteiger partial charge is 0.244 e. The molecular weight excluding hydrogens is 226 g/mol. The van der Waals surface area contributed by atoms with Crippen LogP contribution in [0.25, 0.3) is 6.08 Å². The number of rotatable bonds is 6. The number of amides is 1. The highest BCUT2D eigenvalue weighted by Crippen LogP contribution is 2.08. The second-order valence-electron chi connectivity index (χ2n) is 5.16. The fourth-order valence-electron chi connectivity index (χ4n) is 1.65. The molecule has 100 valence electrons. The maximum atomic E-state index is 11.6. The van der Waals surface area contributed by atoms with E-state index in [9.17, 15) is 4.79 Å². The average Bonchev–Trinajstić information content (AvgIpc) is 2.70. The van der Waals surface area contributed by atoms with Gasteiger partial charge in [-0.2, -0.15) is 0 Å². The van der Waals surface area contributed by atoms with Crippen LogP contribution >= 0.6 is 0 Å². The molecule has 1 aromatic heterocycles. The molecule has 3 nitrogen and oxygen atoms in total. The molecule has 0 radical (unpaired) electrons. The number of hydrogen-bond donors (Lipinski definition) is 1. The highest BCUT2D eigenvalue weighted by molar-refractivity contribution is 5.91. The zero-order valence-electron chi connectivity index (χ0n) is 11.7. The van der Waals surface area contributed by atoms with Gasteiger partial charge in [0.1, 0.15) is 11.5 Å². The number of nitrogens with one attached hydrogen (secondary N) is 1. The maximum Gasteiger partial charge on any atom is 0.244 e. The van der Waals surface area contributed by atoms with Crippen molar-refractivity contribution in [2.75, 3.05) is 0 Å². The van der Waals surface area contributed by atoms with Gasteiger partial charge in [0.25, 0.3) is 0 Å². The molecule has 1 heterocycles. The first-order chi connectivity index (χ1) is 8.47. The number of carbonyl (C=O) groups excluding carboxylic acids is 1. The second kappa shape index (κ2) is 7.04. The van der Waals surface area contributed by atoms with Gasteiger partial charge in [0, 0.05) is 12.1 Å². The average molecular weight is 249 g/mol. The summed E-state index contributed by atoms with van der Waals surface area (Å²) < 4.78 is 5.35. The van der Waals surface area contributed by atoms with Crippen molar-refractivity contribution in [2.24, 2.45) is 5.92 Å². The van der Waals surface area contributed by atoms with Crippen molar-refractivity contribution in [1.29, 1.82) is 0 Å². The van der Waals surface area contributed by atoms with Gasteiger partial charge in [0.15, 0.2) is 0 Å². The first kappa shape index (κ1) is 14.6. The van der Waals surface area contributed by atoms with Crippen LogP contribution in [0.1, 0.15) is 45.1 Å². The van der Waals surface area contributed by atoms with Gasteiger partial charge in [-0.15, -0.1) is 0 Å². The van der Waals surface area contributed by atoms with Crippen molar-refractivity contribution in [3.05, 3.63) is 29.7 Å². The lowest BCUT2D eigenvalue weighted by Gasteiger charge is -2.13. The quantitative estimate of drug-likeness (QED) is 0.783. The molecule has 1 rings (SSSR count). The predicted molar refractivity (Wildman–Crippen MR) is 74.2 cm³/mol. The van der Waals surface area contributed by atoms with E-state index in [1.54, 1.807) is 6.08 Å². The number of aryl methyl sites for hydroxylation is 1. The molecular formula is C15H23NO2. The molecule has 0 saturated heterocycles. The van der Waals surface area contributed by atoms with Gasteiger partial charge < -0.3 is 9.73 Å². The molecule has 1 atom stereocenters. The van der Waals surface area contributed by atoms with E-state index in [0.29, 0.717) is 11.7 Å². The molecule has 0 spiro atoms. The van der Waals surface area contributed by atoms with E-state index in [2.05, 4.69) is 19.2 Å². The van der Waals surface area contributed by atoms with E-state index >= 15 is 0 Å². The summed E-state index contributed by atoms with van der Waals surface area (Å²) in [6.07, 6.45) is 5.35. The van der Waals surface area contributed by atoms with Crippen molar-refractivity contribution in [3.63, 3.8) is 0 Å². The molecule has 0 bridgehead atoms. The first-order valence-corrected chi connectivity index (χ1v) is 6.52. The number of carbonyl (C=O) groups is 1. The molecule has 0 aromatic carbocycles. The van der Waals surface area contributed by atoms with Crippen molar-refractivity contribution in [2.45, 2.75) is 46.6 Å². The van der Waals surface area contributed by atoms with Gasteiger partial charge >= 0.3 is 0 Å². The molecule has 1 amide bonds. The molecule has 1 aromatic rings. The Morgan fingerprint density at radius 1 is 1.33 bits per heavy atom. The molecule has 0 aliphatic heterocycles. The summed E-state index contributed by atoms with van der Waals surface area (Å²) in [4.78, 5) is 11.6. The molecule has 1 N–H and O–H groups in total. The Hall–Kier alpha value is -1.51. The van der Waals surface area contributed by atoms with Crippen molar-refractivity contribution in [3.8, 4) is 0 Å². The molecule has 1 unspecified atom stereocenters. The molecule has 3 heteroatoms. The van der Waals surface area contributed by atoms with Crippen molar-refractivity contribution in [1.82, 2.24) is 5.32 Å². The number of hydrogen-bond acceptors (Lipinski definition) is 2. The van der Waals surface area contributed by atoms with Crippen molar-refractivity contribution >= 4 is 12.0 Å². The summed E-state index contributed by atoms with van der Waals surface area (Å²) in [6.45, 7) is 8.29. The van der Waals surface area contributed by atoms with Crippen LogP contribution in [0.3, 0.4) is 0 Å². The van der Waals surface area contributed by atoms with Crippen LogP contribution in [0.15, 0.2) is 22.6 Å². The third-order valence-electron chi connectivity index (χ3n) is 2.73. The first-order valence-electron chi connectivity index (χ1n) is 6.52. The van der Waals surface area contributed by atoms with E-state index in [1.165, 1.54) is 6.08 Å². The predicted octanol–water partition coefficient (Wildman–Crippen LogP) is 3.54. The van der Waals surface area contributed by atoms with Crippen LogP contribution in [-0.2, 0) is 4.79 Å². The summed E-state index contributed by atoms with van der Waals surface area (Å²) >= 11 is 0. The van der Waals surface area contributed by atoms with E-state index < -0.39 is 0 Å². The third kappa shape index (κ3) is 5.71. The van der Waals surface area contributed by atoms with E-state index in [1.807, 2.05) is 26.0 Å². The second-order valence-corrected chi connectivity index (χ2v) is 5.16. The number of furan rings is 1. The van der Waals surface area contributed by atoms with Crippen LogP contribution < -0.4 is 5.32 Å². The summed E-state index contributed by atoms with van der Waals surface area (Å²) in [5.74, 6) is 2.16. The van der Waals surface area contributed by atoms with Crippen molar-refractivity contribution < 1.29 is 9.21 Å². The van der Waals surface area contributed by atoms with Gasteiger partial charge in [-0.3, -0.25) is 4.79 Å². The molecule has 18 heavy (non-hydrogen) atoms. The summed E-state index contributed by atoms with van der Waals surface area (Å²) in [5, 5.41) is 2.94. The highest BCUT2D eigenvalue weighted by atomic mass is 16.3. The Morgan fingerprint density at radius 3 is 2.61 bits per heavy atom. The van der Waals surface area contributed by atoms with Crippen LogP contribution in [0.4, 0.5) is 0 Å². The molecule has 0 aliphatic rings. The Bertz CT molecular complexity index is 404. The van der Waals surface area contributed by atoms with Crippen LogP contribution in [-0.4, -0.2) is 11.9 Å². The highest BCUT2D eigenvalue weighted by Gasteiger charge is 2.05. The molecule has 0 aliphatic carbocycles. The van der Waals surface area contributed by atoms with Crippen LogP contribution in [0.5, 0.6) is 0 Å². The normalized spacial score (nSPS) is 13.2. The fraction of sp³-hybridized carbons (Fsp3) is 0.533. The summed E-state index contributed by atoms with van der Waals surface area (Å²) in [7, 11) is 0. The minimum absolute atomic E-state index is 0.0692. The van der Waals surface area contributed by atoms with E-state index in [4.69, 9.17) is 4.42 Å². The molecule has 0 fully saturated rings. The Labute approximate surface area is 109 Å². The SMILES string of the molecule is Cc1ccc(/C=C/C(=O)NC(C)CCC(C)C)o1. The lowest BCUT2D eigenvalue weighted by atomic mass is 10.0. The lowest BCUT2D eigenvalue weighted by molar-refractivity contribution is -0.117. The minimum atomic E-state index is -0.0692. The van der Waals surface area contributed by atoms with Crippen LogP contribution in [0.2, 0.25) is 0 Å². The van der Waals surface area contributed by atoms with Crippen LogP contribution in [0, 0.1) is 12.8 Å². The zero-order valence-corrected chi connectivity index (χ0v) is 11.7. The van der Waals surface area contributed by atoms with Gasteiger partial charge in [0.2, 0.25) is 5.91 Å². The topological polar surface area (TPSA) is 42.2 Å². The summed E-state index contributed by atoms with van der Waals surface area (Å²) in [5.41, 5.74) is 0. The molecule has 0 saturated carbocycles. The monoisotopic (exact) mass is 249 g/mol. The zero-order chi connectivity index (χ0) is 13.5. The van der Waals surface area contributed by atoms with Gasteiger partial charge in [-0.1, -0.05) is 13.8 Å². The third-order valence-corrected chi connectivity index (χ3v) is 2.73. The Morgan fingerprint density at radius 2 is 2.06 bits per heavy atom. The van der Waals surface area contributed by atoms with E-state index in [0.717, 1.165) is 18.6 Å². The summed E-state index contributed by atoms with van der Waals surface area (Å²) in [6, 6.07) is 3.94. The van der Waals surface area contributed by atoms with Gasteiger partial charge in [-0.05, 0) is 50.8 Å². The van der Waals surface area contributed by atoms with Gasteiger partial charge in [0.05, 0.1) is 0 Å². The standard InChI is InChI=1S/C15H23NO2/c1-11(2)5-6-12(3)16-15(17)10-9-14-8-7-13(4)18-14/h7-12H,5-6H2,1-4H3,(H,16,17)/b10-9+. The minimum Gasteiger partial charge on any atom is -0.462 e. The fourth-order valence-corrected chi connectivity index (χ4v) is 1.65. The lowest BCUT2D eigenvalue weighted by Crippen LogP contribution is -2.31. The van der Waals surface area contributed by atoms with E-state index in [-0.39, 0.29) is 11.9 Å². The maximum absolute atomic E-state index is 11.6. The Balaban J connectivity index is 2.34.